The number of nitrogens with one attached hydrogen (secondary N) is 2. The second-order valence-electron chi connectivity index (χ2n) is 9.19. The smallest absolute Gasteiger partial charge is 0.230 e. The van der Waals surface area contributed by atoms with Gasteiger partial charge in [-0.1, -0.05) is 58.1 Å². The highest BCUT2D eigenvalue weighted by molar-refractivity contribution is 9.09. The molecule has 226 valence electrons. The minimum Gasteiger partial charge on any atom is -0.379 e. The van der Waals surface area contributed by atoms with E-state index in [4.69, 9.17) is 18.9 Å². The summed E-state index contributed by atoms with van der Waals surface area (Å²) >= 11 is 3.07. The molecule has 0 atom stereocenters. The molecule has 3 rings (SSSR count). The van der Waals surface area contributed by atoms with Crippen molar-refractivity contribution < 1.29 is 33.3 Å². The molecule has 42 heavy (non-hydrogen) atoms. The summed E-state index contributed by atoms with van der Waals surface area (Å²) in [5.41, 5.74) is 3.47. The minimum atomic E-state index is -0.172. The summed E-state index contributed by atoms with van der Waals surface area (Å²) in [6.45, 7) is 4.35. The van der Waals surface area contributed by atoms with E-state index in [1.165, 1.54) is 0 Å². The molecule has 0 aromatic heterocycles. The molecule has 10 nitrogen and oxygen atoms in total. The maximum atomic E-state index is 13.2. The predicted molar refractivity (Wildman–Crippen MR) is 162 cm³/mol. The molecule has 0 unspecified atom stereocenters. The first-order valence-corrected chi connectivity index (χ1v) is 15.1. The van der Waals surface area contributed by atoms with Crippen molar-refractivity contribution in [3.8, 4) is 11.8 Å². The maximum absolute atomic E-state index is 13.2. The van der Waals surface area contributed by atoms with Crippen LogP contribution in [0.25, 0.3) is 0 Å². The van der Waals surface area contributed by atoms with E-state index >= 15 is 0 Å². The number of hydrogen-bond donors (Lipinski definition) is 2. The number of benzene rings is 2. The van der Waals surface area contributed by atoms with Crippen LogP contribution in [0.1, 0.15) is 29.5 Å². The van der Waals surface area contributed by atoms with Crippen molar-refractivity contribution in [2.24, 2.45) is 0 Å². The fourth-order valence-electron chi connectivity index (χ4n) is 3.98. The molecule has 2 aromatic carbocycles. The average molecular weight is 645 g/mol. The molecule has 2 N–H and O–H groups in total. The lowest BCUT2D eigenvalue weighted by Gasteiger charge is -2.26. The fourth-order valence-corrected chi connectivity index (χ4v) is 4.17. The summed E-state index contributed by atoms with van der Waals surface area (Å²) in [6, 6.07) is 15.4. The first-order chi connectivity index (χ1) is 20.6. The van der Waals surface area contributed by atoms with Gasteiger partial charge >= 0.3 is 0 Å². The number of fused-ring (bicyclic) bond motifs is 2. The number of alkyl halides is 1. The van der Waals surface area contributed by atoms with Gasteiger partial charge in [-0.05, 0) is 23.8 Å². The summed E-state index contributed by atoms with van der Waals surface area (Å²) in [4.78, 5) is 38.2. The third-order valence-corrected chi connectivity index (χ3v) is 6.62. The van der Waals surface area contributed by atoms with Crippen molar-refractivity contribution >= 4 is 39.3 Å². The lowest BCUT2D eigenvalue weighted by atomic mass is 10.0. The minimum absolute atomic E-state index is 0.0722. The fraction of sp³-hybridized carbons (Fsp3) is 0.452. The summed E-state index contributed by atoms with van der Waals surface area (Å²) < 4.78 is 21.7. The number of amides is 3. The standard InChI is InChI=1S/C31H38BrN3O7/c32-23-30(37)34-14-16-40-18-20-42-22-21-41-19-17-39-15-12-29(36)33-13-11-31(38)35-24-27-7-2-1-5-25(27)9-10-26-6-3-4-8-28(26)35/h1-8H,11-24H2,(H,33,36)(H,34,37). The second-order valence-corrected chi connectivity index (χ2v) is 9.75. The van der Waals surface area contributed by atoms with Gasteiger partial charge in [0, 0.05) is 37.1 Å². The van der Waals surface area contributed by atoms with Gasteiger partial charge in [-0.3, -0.25) is 14.4 Å². The van der Waals surface area contributed by atoms with Gasteiger partial charge in [0.1, 0.15) is 0 Å². The molecular formula is C31H38BrN3O7. The third-order valence-electron chi connectivity index (χ3n) is 6.11. The van der Waals surface area contributed by atoms with Gasteiger partial charge in [-0.15, -0.1) is 0 Å². The number of para-hydroxylation sites is 1. The van der Waals surface area contributed by atoms with E-state index in [0.717, 1.165) is 22.4 Å². The number of anilines is 1. The third kappa shape index (κ3) is 12.3. The molecule has 0 bridgehead atoms. The van der Waals surface area contributed by atoms with Crippen molar-refractivity contribution in [3.63, 3.8) is 0 Å². The van der Waals surface area contributed by atoms with Crippen molar-refractivity contribution in [3.05, 3.63) is 65.2 Å². The van der Waals surface area contributed by atoms with E-state index in [9.17, 15) is 14.4 Å². The molecule has 1 heterocycles. The number of carbonyl (C=O) groups is 3. The van der Waals surface area contributed by atoms with Crippen molar-refractivity contribution in [1.29, 1.82) is 0 Å². The van der Waals surface area contributed by atoms with Crippen LogP contribution < -0.4 is 15.5 Å². The van der Waals surface area contributed by atoms with E-state index < -0.39 is 0 Å². The average Bonchev–Trinajstić information content (AvgIpc) is 3.00. The van der Waals surface area contributed by atoms with Gasteiger partial charge in [0.05, 0.1) is 70.4 Å². The molecule has 0 aliphatic carbocycles. The zero-order valence-electron chi connectivity index (χ0n) is 23.7. The highest BCUT2D eigenvalue weighted by Gasteiger charge is 2.21. The largest absolute Gasteiger partial charge is 0.379 e. The van der Waals surface area contributed by atoms with E-state index in [1.54, 1.807) is 4.90 Å². The molecular weight excluding hydrogens is 606 g/mol. The van der Waals surface area contributed by atoms with Crippen LogP contribution in [-0.2, 0) is 39.9 Å². The Bertz CT molecular complexity index is 1210. The Morgan fingerprint density at radius 2 is 1.26 bits per heavy atom. The Kier molecular flexibility index (Phi) is 15.7. The number of halogens is 1. The highest BCUT2D eigenvalue weighted by atomic mass is 79.9. The van der Waals surface area contributed by atoms with Gasteiger partial charge in [-0.2, -0.15) is 0 Å². The summed E-state index contributed by atoms with van der Waals surface area (Å²) in [5, 5.41) is 5.77. The predicted octanol–water partition coefficient (Wildman–Crippen LogP) is 2.41. The van der Waals surface area contributed by atoms with Crippen LogP contribution in [0.5, 0.6) is 0 Å². The quantitative estimate of drug-likeness (QED) is 0.137. The molecule has 2 aromatic rings. The van der Waals surface area contributed by atoms with Gasteiger partial charge in [0.2, 0.25) is 17.7 Å². The zero-order valence-corrected chi connectivity index (χ0v) is 25.3. The van der Waals surface area contributed by atoms with Crippen LogP contribution in [0.2, 0.25) is 0 Å². The molecule has 0 saturated heterocycles. The highest BCUT2D eigenvalue weighted by Crippen LogP contribution is 2.25. The van der Waals surface area contributed by atoms with Crippen molar-refractivity contribution in [2.45, 2.75) is 19.4 Å². The van der Waals surface area contributed by atoms with Crippen LogP contribution in [0, 0.1) is 11.8 Å². The van der Waals surface area contributed by atoms with Crippen LogP contribution in [-0.4, -0.2) is 89.0 Å². The van der Waals surface area contributed by atoms with Gasteiger partial charge < -0.3 is 34.5 Å². The molecule has 11 heteroatoms. The topological polar surface area (TPSA) is 115 Å². The van der Waals surface area contributed by atoms with Crippen molar-refractivity contribution in [2.75, 3.05) is 76.2 Å². The molecule has 3 amide bonds. The van der Waals surface area contributed by atoms with E-state index in [1.807, 2.05) is 48.5 Å². The van der Waals surface area contributed by atoms with Gasteiger partial charge in [0.15, 0.2) is 0 Å². The van der Waals surface area contributed by atoms with E-state index in [-0.39, 0.29) is 49.0 Å². The molecule has 0 spiro atoms. The number of nitrogens with zero attached hydrogens (tertiary/aromatic N) is 1. The molecule has 1 aliphatic rings. The maximum Gasteiger partial charge on any atom is 0.230 e. The molecule has 0 radical (unpaired) electrons. The number of ether oxygens (including phenoxy) is 4. The Morgan fingerprint density at radius 3 is 1.98 bits per heavy atom. The molecule has 0 saturated carbocycles. The second kappa shape index (κ2) is 19.8. The summed E-state index contributed by atoms with van der Waals surface area (Å²) in [7, 11) is 0. The van der Waals surface area contributed by atoms with Gasteiger partial charge in [-0.25, -0.2) is 0 Å². The summed E-state index contributed by atoms with van der Waals surface area (Å²) in [6.07, 6.45) is 0.376. The Labute approximate surface area is 255 Å². The lowest BCUT2D eigenvalue weighted by Crippen LogP contribution is -2.35. The Morgan fingerprint density at radius 1 is 0.690 bits per heavy atom. The molecule has 1 aliphatic heterocycles. The van der Waals surface area contributed by atoms with Crippen LogP contribution >= 0.6 is 15.9 Å². The van der Waals surface area contributed by atoms with Crippen LogP contribution in [0.15, 0.2) is 48.5 Å². The zero-order chi connectivity index (χ0) is 29.8. The monoisotopic (exact) mass is 643 g/mol. The first kappa shape index (κ1) is 33.2. The van der Waals surface area contributed by atoms with E-state index in [0.29, 0.717) is 59.3 Å². The van der Waals surface area contributed by atoms with Crippen molar-refractivity contribution in [1.82, 2.24) is 10.6 Å². The number of rotatable bonds is 19. The summed E-state index contributed by atoms with van der Waals surface area (Å²) in [5.74, 6) is 6.07. The lowest BCUT2D eigenvalue weighted by molar-refractivity contribution is -0.122. The SMILES string of the molecule is O=C(CBr)NCCOCCOCCOCCOCCC(=O)NCCC(=O)N1Cc2ccccc2C#Cc2ccccc21. The van der Waals surface area contributed by atoms with Gasteiger partial charge in [0.25, 0.3) is 0 Å². The van der Waals surface area contributed by atoms with Crippen LogP contribution in [0.3, 0.4) is 0 Å². The Hall–Kier alpha value is -3.27. The number of carbonyl (C=O) groups excluding carboxylic acids is 3. The first-order valence-electron chi connectivity index (χ1n) is 14.0. The van der Waals surface area contributed by atoms with Crippen LogP contribution in [0.4, 0.5) is 5.69 Å². The van der Waals surface area contributed by atoms with E-state index in [2.05, 4.69) is 38.4 Å². The normalized spacial score (nSPS) is 11.8. The molecule has 0 fully saturated rings. The Balaban J connectivity index is 1.21. The number of hydrogen-bond acceptors (Lipinski definition) is 7.